The molecule has 0 spiro atoms. The summed E-state index contributed by atoms with van der Waals surface area (Å²) < 4.78 is 9.11. The molecule has 0 aliphatic carbocycles. The summed E-state index contributed by atoms with van der Waals surface area (Å²) >= 11 is 0. The number of hydrogen-bond acceptors (Lipinski definition) is 6. The zero-order chi connectivity index (χ0) is 18.2. The number of nitrogens with zero attached hydrogens (tertiary/aromatic N) is 1. The van der Waals surface area contributed by atoms with Gasteiger partial charge in [-0.2, -0.15) is 0 Å². The molecule has 0 radical (unpaired) electrons. The minimum absolute atomic E-state index is 0.159. The van der Waals surface area contributed by atoms with Crippen LogP contribution in [0.15, 0.2) is 0 Å². The highest BCUT2D eigenvalue weighted by Gasteiger charge is 2.19. The third-order valence-electron chi connectivity index (χ3n) is 4.09. The molecule has 0 amide bonds. The lowest BCUT2D eigenvalue weighted by atomic mass is 10.0. The summed E-state index contributed by atoms with van der Waals surface area (Å²) in [5.74, 6) is -0.475. The first-order valence-corrected chi connectivity index (χ1v) is 8.78. The van der Waals surface area contributed by atoms with Gasteiger partial charge in [-0.25, -0.2) is 0 Å². The van der Waals surface area contributed by atoms with Crippen LogP contribution in [-0.2, 0) is 19.1 Å². The van der Waals surface area contributed by atoms with Crippen molar-refractivity contribution in [3.63, 3.8) is 0 Å². The van der Waals surface area contributed by atoms with Crippen molar-refractivity contribution in [3.05, 3.63) is 10.1 Å². The first-order chi connectivity index (χ1) is 11.5. The number of nitro groups is 1. The number of ether oxygens (including phenoxy) is 2. The van der Waals surface area contributed by atoms with E-state index in [4.69, 9.17) is 0 Å². The molecule has 0 bridgehead atoms. The number of carbonyl (C=O) groups excluding carboxylic acids is 2. The Balaban J connectivity index is 3.58. The zero-order valence-corrected chi connectivity index (χ0v) is 15.0. The van der Waals surface area contributed by atoms with Gasteiger partial charge in [-0.3, -0.25) is 19.7 Å². The van der Waals surface area contributed by atoms with Crippen LogP contribution in [0.3, 0.4) is 0 Å². The smallest absolute Gasteiger partial charge is 0.305 e. The highest BCUT2D eigenvalue weighted by atomic mass is 16.6. The third kappa shape index (κ3) is 12.8. The maximum absolute atomic E-state index is 11.0. The van der Waals surface area contributed by atoms with Gasteiger partial charge < -0.3 is 9.47 Å². The molecule has 0 aliphatic rings. The van der Waals surface area contributed by atoms with Gasteiger partial charge in [0.2, 0.25) is 6.04 Å². The summed E-state index contributed by atoms with van der Waals surface area (Å²) in [4.78, 5) is 32.7. The Morgan fingerprint density at radius 3 is 1.71 bits per heavy atom. The predicted octanol–water partition coefficient (Wildman–Crippen LogP) is 3.66. The minimum atomic E-state index is -0.560. The van der Waals surface area contributed by atoms with Crippen molar-refractivity contribution < 1.29 is 24.0 Å². The molecule has 0 aromatic heterocycles. The second-order valence-corrected chi connectivity index (χ2v) is 6.00. The fourth-order valence-electron chi connectivity index (χ4n) is 2.57. The Labute approximate surface area is 144 Å². The van der Waals surface area contributed by atoms with Crippen LogP contribution < -0.4 is 0 Å². The summed E-state index contributed by atoms with van der Waals surface area (Å²) in [6.07, 6.45) is 9.14. The molecule has 0 rings (SSSR count). The molecule has 24 heavy (non-hydrogen) atoms. The second kappa shape index (κ2) is 14.9. The lowest BCUT2D eigenvalue weighted by Crippen LogP contribution is -2.19. The quantitative estimate of drug-likeness (QED) is 0.194. The van der Waals surface area contributed by atoms with E-state index in [1.807, 2.05) is 0 Å². The van der Waals surface area contributed by atoms with Crippen molar-refractivity contribution in [2.75, 3.05) is 14.2 Å². The van der Waals surface area contributed by atoms with Crippen molar-refractivity contribution in [1.29, 1.82) is 0 Å². The number of esters is 2. The zero-order valence-electron chi connectivity index (χ0n) is 15.0. The van der Waals surface area contributed by atoms with Crippen LogP contribution in [0.25, 0.3) is 0 Å². The average Bonchev–Trinajstić information content (AvgIpc) is 2.57. The molecule has 7 heteroatoms. The molecule has 140 valence electrons. The predicted molar refractivity (Wildman–Crippen MR) is 90.2 cm³/mol. The Morgan fingerprint density at radius 1 is 0.792 bits per heavy atom. The molecule has 0 saturated carbocycles. The number of unbranched alkanes of at least 4 members (excludes halogenated alkanes) is 6. The van der Waals surface area contributed by atoms with Gasteiger partial charge in [0.05, 0.1) is 14.2 Å². The maximum atomic E-state index is 11.0. The van der Waals surface area contributed by atoms with Gasteiger partial charge in [-0.05, 0) is 19.3 Å². The molecule has 0 saturated heterocycles. The van der Waals surface area contributed by atoms with E-state index in [9.17, 15) is 19.7 Å². The molecule has 0 N–H and O–H groups in total. The molecule has 0 aliphatic heterocycles. The van der Waals surface area contributed by atoms with E-state index in [-0.39, 0.29) is 23.3 Å². The molecule has 0 heterocycles. The Morgan fingerprint density at radius 2 is 1.21 bits per heavy atom. The monoisotopic (exact) mass is 345 g/mol. The molecule has 1 atom stereocenters. The van der Waals surface area contributed by atoms with Gasteiger partial charge in [0.1, 0.15) is 0 Å². The summed E-state index contributed by atoms with van der Waals surface area (Å²) in [6, 6.07) is -0.560. The highest BCUT2D eigenvalue weighted by molar-refractivity contribution is 5.69. The van der Waals surface area contributed by atoms with Crippen LogP contribution in [0.4, 0.5) is 0 Å². The van der Waals surface area contributed by atoms with Gasteiger partial charge in [-0.15, -0.1) is 0 Å². The topological polar surface area (TPSA) is 95.7 Å². The third-order valence-corrected chi connectivity index (χ3v) is 4.09. The minimum Gasteiger partial charge on any atom is -0.469 e. The van der Waals surface area contributed by atoms with Gasteiger partial charge in [-0.1, -0.05) is 32.1 Å². The van der Waals surface area contributed by atoms with E-state index < -0.39 is 6.04 Å². The van der Waals surface area contributed by atoms with Gasteiger partial charge >= 0.3 is 11.9 Å². The number of hydrogen-bond donors (Lipinski definition) is 0. The van der Waals surface area contributed by atoms with Gasteiger partial charge in [0.25, 0.3) is 0 Å². The maximum Gasteiger partial charge on any atom is 0.305 e. The van der Waals surface area contributed by atoms with E-state index >= 15 is 0 Å². The van der Waals surface area contributed by atoms with Crippen molar-refractivity contribution in [1.82, 2.24) is 0 Å². The van der Waals surface area contributed by atoms with Crippen LogP contribution in [-0.4, -0.2) is 37.1 Å². The van der Waals surface area contributed by atoms with Crippen LogP contribution in [0.1, 0.15) is 77.0 Å². The van der Waals surface area contributed by atoms with E-state index in [0.29, 0.717) is 25.7 Å². The first-order valence-electron chi connectivity index (χ1n) is 8.78. The molecular weight excluding hydrogens is 314 g/mol. The molecule has 0 aromatic rings. The number of methoxy groups -OCH3 is 2. The molecule has 7 nitrogen and oxygen atoms in total. The summed E-state index contributed by atoms with van der Waals surface area (Å²) in [7, 11) is 2.72. The summed E-state index contributed by atoms with van der Waals surface area (Å²) in [5.41, 5.74) is 0. The Hall–Kier alpha value is -1.66. The second-order valence-electron chi connectivity index (χ2n) is 6.00. The van der Waals surface area contributed by atoms with Crippen LogP contribution in [0, 0.1) is 10.1 Å². The van der Waals surface area contributed by atoms with Gasteiger partial charge in [0.15, 0.2) is 0 Å². The molecular formula is C17H31NO6. The van der Waals surface area contributed by atoms with Crippen molar-refractivity contribution >= 4 is 11.9 Å². The molecule has 0 fully saturated rings. The van der Waals surface area contributed by atoms with E-state index in [1.54, 1.807) is 0 Å². The number of carbonyl (C=O) groups is 2. The van der Waals surface area contributed by atoms with Crippen LogP contribution >= 0.6 is 0 Å². The number of rotatable bonds is 15. The molecule has 0 aromatic carbocycles. The van der Waals surface area contributed by atoms with E-state index in [2.05, 4.69) is 9.47 Å². The van der Waals surface area contributed by atoms with Crippen molar-refractivity contribution in [2.24, 2.45) is 0 Å². The van der Waals surface area contributed by atoms with Gasteiger partial charge in [0, 0.05) is 30.6 Å². The Kier molecular flexibility index (Phi) is 13.9. The fourth-order valence-corrected chi connectivity index (χ4v) is 2.57. The summed E-state index contributed by atoms with van der Waals surface area (Å²) in [6.45, 7) is 0. The Bertz CT molecular complexity index is 372. The van der Waals surface area contributed by atoms with E-state index in [1.165, 1.54) is 14.2 Å². The average molecular weight is 345 g/mol. The summed E-state index contributed by atoms with van der Waals surface area (Å²) in [5, 5.41) is 11.0. The molecule has 1 unspecified atom stereocenters. The fraction of sp³-hybridized carbons (Fsp3) is 0.882. The van der Waals surface area contributed by atoms with Crippen LogP contribution in [0.5, 0.6) is 0 Å². The van der Waals surface area contributed by atoms with Crippen molar-refractivity contribution in [2.45, 2.75) is 83.1 Å². The lowest BCUT2D eigenvalue weighted by molar-refractivity contribution is -0.524. The normalized spacial score (nSPS) is 11.8. The lowest BCUT2D eigenvalue weighted by Gasteiger charge is -2.09. The standard InChI is InChI=1S/C17H31NO6/c1-23-16(19)13-9-7-5-3-4-6-8-11-15(18(21)22)12-10-14-17(20)24-2/h15H,3-14H2,1-2H3. The highest BCUT2D eigenvalue weighted by Crippen LogP contribution is 2.15. The van der Waals surface area contributed by atoms with Crippen LogP contribution in [0.2, 0.25) is 0 Å². The SMILES string of the molecule is COC(=O)CCCCCCCCCC(CCCC(=O)OC)[N+](=O)[O-]. The van der Waals surface area contributed by atoms with E-state index in [0.717, 1.165) is 44.9 Å². The van der Waals surface area contributed by atoms with Crippen molar-refractivity contribution in [3.8, 4) is 0 Å². The first kappa shape index (κ1) is 22.3. The largest absolute Gasteiger partial charge is 0.469 e.